The molecule has 1 saturated heterocycles. The molecule has 7 nitrogen and oxygen atoms in total. The SMILES string of the molecule is CC1(c2ccc(Cl)cc2F)Oc2cccc(C3CCN(Cc4nc(C#N)ccc4CCS(C)(=O)=O)CC3)c2O1. The molecule has 2 aromatic carbocycles. The van der Waals surface area contributed by atoms with Crippen molar-refractivity contribution in [3.63, 3.8) is 0 Å². The van der Waals surface area contributed by atoms with E-state index in [1.54, 1.807) is 25.1 Å². The summed E-state index contributed by atoms with van der Waals surface area (Å²) in [4.78, 5) is 6.77. The highest BCUT2D eigenvalue weighted by Crippen LogP contribution is 2.49. The Morgan fingerprint density at radius 2 is 1.95 bits per heavy atom. The maximum absolute atomic E-state index is 14.7. The first-order valence-electron chi connectivity index (χ1n) is 12.8. The molecular weight excluding hydrogens is 541 g/mol. The number of likely N-dealkylation sites (tertiary alicyclic amines) is 1. The zero-order chi connectivity index (χ0) is 27.8. The lowest BCUT2D eigenvalue weighted by Gasteiger charge is -2.33. The number of nitriles is 1. The van der Waals surface area contributed by atoms with E-state index >= 15 is 0 Å². The average molecular weight is 570 g/mol. The zero-order valence-electron chi connectivity index (χ0n) is 21.8. The van der Waals surface area contributed by atoms with Gasteiger partial charge in [-0.05, 0) is 74.2 Å². The van der Waals surface area contributed by atoms with E-state index in [1.165, 1.54) is 12.3 Å². The van der Waals surface area contributed by atoms with Crippen LogP contribution in [0.4, 0.5) is 4.39 Å². The van der Waals surface area contributed by atoms with Crippen LogP contribution in [0.15, 0.2) is 48.5 Å². The van der Waals surface area contributed by atoms with Gasteiger partial charge < -0.3 is 9.47 Å². The second-order valence-corrected chi connectivity index (χ2v) is 13.0. The van der Waals surface area contributed by atoms with Crippen molar-refractivity contribution in [2.24, 2.45) is 0 Å². The molecule has 2 aliphatic heterocycles. The van der Waals surface area contributed by atoms with Crippen LogP contribution in [0.25, 0.3) is 0 Å². The molecule has 1 unspecified atom stereocenters. The van der Waals surface area contributed by atoms with Crippen LogP contribution in [0.3, 0.4) is 0 Å². The number of piperidine rings is 1. The molecule has 1 aromatic heterocycles. The summed E-state index contributed by atoms with van der Waals surface area (Å²) in [5.41, 5.74) is 3.22. The number of ether oxygens (including phenoxy) is 2. The second-order valence-electron chi connectivity index (χ2n) is 10.3. The molecule has 3 aromatic rings. The first kappa shape index (κ1) is 27.4. The van der Waals surface area contributed by atoms with Crippen LogP contribution in [0.5, 0.6) is 11.5 Å². The number of sulfone groups is 1. The summed E-state index contributed by atoms with van der Waals surface area (Å²) >= 11 is 5.94. The van der Waals surface area contributed by atoms with Crippen molar-refractivity contribution in [1.82, 2.24) is 9.88 Å². The molecule has 0 saturated carbocycles. The monoisotopic (exact) mass is 569 g/mol. The van der Waals surface area contributed by atoms with Crippen LogP contribution in [0.1, 0.15) is 53.8 Å². The molecule has 0 radical (unpaired) electrons. The van der Waals surface area contributed by atoms with Gasteiger partial charge in [0, 0.05) is 30.3 Å². The van der Waals surface area contributed by atoms with Gasteiger partial charge >= 0.3 is 0 Å². The number of nitrogens with zero attached hydrogens (tertiary/aromatic N) is 3. The predicted molar refractivity (Wildman–Crippen MR) is 146 cm³/mol. The molecular formula is C29H29ClFN3O4S. The van der Waals surface area contributed by atoms with E-state index < -0.39 is 21.4 Å². The molecule has 3 heterocycles. The number of rotatable bonds is 7. The number of aryl methyl sites for hydroxylation is 1. The van der Waals surface area contributed by atoms with E-state index in [-0.39, 0.29) is 17.2 Å². The van der Waals surface area contributed by atoms with Crippen LogP contribution in [-0.2, 0) is 28.6 Å². The van der Waals surface area contributed by atoms with Gasteiger partial charge in [0.2, 0.25) is 0 Å². The minimum atomic E-state index is -3.12. The highest BCUT2D eigenvalue weighted by Gasteiger charge is 2.43. The lowest BCUT2D eigenvalue weighted by molar-refractivity contribution is -0.0712. The molecule has 5 rings (SSSR count). The van der Waals surface area contributed by atoms with E-state index in [4.69, 9.17) is 21.1 Å². The Morgan fingerprint density at radius 3 is 2.64 bits per heavy atom. The molecule has 39 heavy (non-hydrogen) atoms. The molecule has 1 atom stereocenters. The molecule has 2 aliphatic rings. The van der Waals surface area contributed by atoms with Crippen molar-refractivity contribution in [2.45, 2.75) is 44.4 Å². The third-order valence-corrected chi connectivity index (χ3v) is 8.54. The number of benzene rings is 2. The summed E-state index contributed by atoms with van der Waals surface area (Å²) in [6.07, 6.45) is 3.31. The van der Waals surface area contributed by atoms with Gasteiger partial charge in [-0.15, -0.1) is 0 Å². The van der Waals surface area contributed by atoms with Gasteiger partial charge in [0.25, 0.3) is 5.79 Å². The first-order chi connectivity index (χ1) is 18.5. The van der Waals surface area contributed by atoms with Crippen molar-refractivity contribution in [1.29, 1.82) is 5.26 Å². The van der Waals surface area contributed by atoms with Gasteiger partial charge in [-0.2, -0.15) is 5.26 Å². The molecule has 1 fully saturated rings. The maximum Gasteiger partial charge on any atom is 0.278 e. The number of hydrogen-bond acceptors (Lipinski definition) is 7. The summed E-state index contributed by atoms with van der Waals surface area (Å²) in [5.74, 6) is -0.305. The largest absolute Gasteiger partial charge is 0.444 e. The lowest BCUT2D eigenvalue weighted by Crippen LogP contribution is -2.34. The van der Waals surface area contributed by atoms with Crippen molar-refractivity contribution in [3.05, 3.63) is 87.4 Å². The molecule has 0 bridgehead atoms. The van der Waals surface area contributed by atoms with Gasteiger partial charge in [0.05, 0.1) is 17.0 Å². The summed E-state index contributed by atoms with van der Waals surface area (Å²) in [5, 5.41) is 9.63. The second kappa shape index (κ2) is 10.8. The van der Waals surface area contributed by atoms with Crippen LogP contribution >= 0.6 is 11.6 Å². The molecule has 0 amide bonds. The standard InChI is InChI=1S/C29H29ClFN3O4S/c1-29(24-9-7-21(30)16-25(24)31)37-27-5-3-4-23(28(27)38-29)19-10-13-34(14-11-19)18-26-20(12-15-39(2,35)36)6-8-22(17-32)33-26/h3-9,16,19H,10-15,18H2,1-2H3. The quantitative estimate of drug-likeness (QED) is 0.378. The third kappa shape index (κ3) is 6.03. The number of fused-ring (bicyclic) bond motifs is 1. The smallest absolute Gasteiger partial charge is 0.278 e. The third-order valence-electron chi connectivity index (χ3n) is 7.36. The van der Waals surface area contributed by atoms with Gasteiger partial charge in [-0.3, -0.25) is 4.90 Å². The first-order valence-corrected chi connectivity index (χ1v) is 15.2. The minimum Gasteiger partial charge on any atom is -0.444 e. The summed E-state index contributed by atoms with van der Waals surface area (Å²) in [7, 11) is -3.12. The van der Waals surface area contributed by atoms with Gasteiger partial charge in [0.1, 0.15) is 27.4 Å². The molecule has 204 valence electrons. The van der Waals surface area contributed by atoms with Crippen LogP contribution in [0.2, 0.25) is 5.02 Å². The normalized spacial score (nSPS) is 19.7. The van der Waals surface area contributed by atoms with E-state index in [2.05, 4.69) is 16.0 Å². The number of hydrogen-bond donors (Lipinski definition) is 0. The fourth-order valence-corrected chi connectivity index (χ4v) is 6.05. The van der Waals surface area contributed by atoms with Crippen molar-refractivity contribution in [3.8, 4) is 17.6 Å². The van der Waals surface area contributed by atoms with E-state index in [0.717, 1.165) is 42.8 Å². The van der Waals surface area contributed by atoms with Crippen LogP contribution in [0, 0.1) is 17.1 Å². The van der Waals surface area contributed by atoms with E-state index in [1.807, 2.05) is 24.3 Å². The maximum atomic E-state index is 14.7. The minimum absolute atomic E-state index is 0.0374. The Hall–Kier alpha value is -3.19. The van der Waals surface area contributed by atoms with Crippen molar-refractivity contribution >= 4 is 21.4 Å². The Bertz CT molecular complexity index is 1550. The van der Waals surface area contributed by atoms with Gasteiger partial charge in [0.15, 0.2) is 11.5 Å². The number of halogens is 2. The van der Waals surface area contributed by atoms with E-state index in [9.17, 15) is 18.1 Å². The Labute approximate surface area is 233 Å². The van der Waals surface area contributed by atoms with Crippen LogP contribution < -0.4 is 9.47 Å². The van der Waals surface area contributed by atoms with Gasteiger partial charge in [-0.1, -0.05) is 29.8 Å². The Kier molecular flexibility index (Phi) is 7.55. The molecule has 0 aliphatic carbocycles. The highest BCUT2D eigenvalue weighted by molar-refractivity contribution is 7.90. The average Bonchev–Trinajstić information content (AvgIpc) is 3.25. The number of para-hydroxylation sites is 1. The Morgan fingerprint density at radius 1 is 1.18 bits per heavy atom. The molecule has 0 spiro atoms. The summed E-state index contributed by atoms with van der Waals surface area (Å²) in [6, 6.07) is 15.8. The van der Waals surface area contributed by atoms with Crippen LogP contribution in [-0.4, -0.2) is 43.4 Å². The summed E-state index contributed by atoms with van der Waals surface area (Å²) < 4.78 is 50.6. The fourth-order valence-electron chi connectivity index (χ4n) is 5.30. The lowest BCUT2D eigenvalue weighted by atomic mass is 9.88. The summed E-state index contributed by atoms with van der Waals surface area (Å²) in [6.45, 7) is 3.84. The number of aromatic nitrogens is 1. The molecule has 10 heteroatoms. The predicted octanol–water partition coefficient (Wildman–Crippen LogP) is 5.36. The molecule has 0 N–H and O–H groups in total. The van der Waals surface area contributed by atoms with Crippen molar-refractivity contribution in [2.75, 3.05) is 25.1 Å². The van der Waals surface area contributed by atoms with Crippen molar-refractivity contribution < 1.29 is 22.3 Å². The Balaban J connectivity index is 1.29. The number of pyridine rings is 1. The topological polar surface area (TPSA) is 92.5 Å². The zero-order valence-corrected chi connectivity index (χ0v) is 23.4. The van der Waals surface area contributed by atoms with E-state index in [0.29, 0.717) is 35.2 Å². The highest BCUT2D eigenvalue weighted by atomic mass is 35.5. The van der Waals surface area contributed by atoms with Gasteiger partial charge in [-0.25, -0.2) is 17.8 Å². The fraction of sp³-hybridized carbons (Fsp3) is 0.379.